The number of nitrogens with one attached hydrogen (secondary N) is 1. The third kappa shape index (κ3) is 3.84. The van der Waals surface area contributed by atoms with Crippen molar-refractivity contribution in [1.29, 1.82) is 0 Å². The lowest BCUT2D eigenvalue weighted by atomic mass is 9.43. The summed E-state index contributed by atoms with van der Waals surface area (Å²) in [6.45, 7) is 16.2. The zero-order valence-corrected chi connectivity index (χ0v) is 23.4. The lowest BCUT2D eigenvalue weighted by Crippen LogP contribution is -2.55. The highest BCUT2D eigenvalue weighted by Gasteiger charge is 2.63. The molecular formula is C33H51NO. The molecule has 4 aliphatic rings. The average Bonchev–Trinajstić information content (AvgIpc) is 3.11. The second kappa shape index (κ2) is 8.93. The Morgan fingerprint density at radius 1 is 0.914 bits per heavy atom. The standard InChI is InChI=1S/C33H51NO/c1-23(11-10-22-34-24-12-8-7-9-13-24)25-16-20-33(6)27-14-15-28-30(2,3)29(35)18-19-31(28,4)26(27)17-21-32(25,33)5/h7-9,12-13,23,25,28-29,34-35H,10-11,14-22H2,1-6H3/t23-,25-,28+,29+,31-,32-,33+/m1/s1. The first-order valence-electron chi connectivity index (χ1n) is 14.7. The Labute approximate surface area is 215 Å². The van der Waals surface area contributed by atoms with Crippen molar-refractivity contribution in [3.63, 3.8) is 0 Å². The molecule has 1 aromatic rings. The third-order valence-corrected chi connectivity index (χ3v) is 12.4. The number of aliphatic hydroxyl groups is 1. The molecule has 0 aromatic heterocycles. The van der Waals surface area contributed by atoms with Crippen LogP contribution in [-0.4, -0.2) is 17.8 Å². The Kier molecular flexibility index (Phi) is 6.47. The van der Waals surface area contributed by atoms with Gasteiger partial charge in [-0.25, -0.2) is 0 Å². The first-order chi connectivity index (χ1) is 16.5. The van der Waals surface area contributed by atoms with Crippen molar-refractivity contribution in [2.75, 3.05) is 11.9 Å². The van der Waals surface area contributed by atoms with Crippen molar-refractivity contribution >= 4 is 5.69 Å². The van der Waals surface area contributed by atoms with E-state index in [9.17, 15) is 5.11 Å². The summed E-state index contributed by atoms with van der Waals surface area (Å²) in [5, 5.41) is 14.5. The molecule has 35 heavy (non-hydrogen) atoms. The van der Waals surface area contributed by atoms with E-state index in [0.29, 0.717) is 22.2 Å². The highest BCUT2D eigenvalue weighted by Crippen LogP contribution is 2.72. The summed E-state index contributed by atoms with van der Waals surface area (Å²) in [6, 6.07) is 10.7. The fraction of sp³-hybridized carbons (Fsp3) is 0.758. The normalized spacial score (nSPS) is 41.1. The van der Waals surface area contributed by atoms with Crippen LogP contribution >= 0.6 is 0 Å². The van der Waals surface area contributed by atoms with Gasteiger partial charge in [0, 0.05) is 12.2 Å². The molecule has 2 fully saturated rings. The second-order valence-electron chi connectivity index (χ2n) is 14.1. The maximum atomic E-state index is 10.9. The van der Waals surface area contributed by atoms with Crippen LogP contribution in [0.5, 0.6) is 0 Å². The lowest BCUT2D eigenvalue weighted by Gasteiger charge is -2.62. The summed E-state index contributed by atoms with van der Waals surface area (Å²) in [4.78, 5) is 0. The molecule has 0 saturated heterocycles. The SMILES string of the molecule is C[C@H](CCCNc1ccccc1)[C@H]1CC[C@@]2(C)C3=C(CC[C@]12C)[C@@]1(C)CC[C@H](O)C(C)(C)[C@@H]1CC3. The Morgan fingerprint density at radius 3 is 2.40 bits per heavy atom. The molecule has 0 heterocycles. The Bertz CT molecular complexity index is 949. The van der Waals surface area contributed by atoms with Crippen molar-refractivity contribution in [2.24, 2.45) is 39.4 Å². The van der Waals surface area contributed by atoms with Gasteiger partial charge in [0.2, 0.25) is 0 Å². The van der Waals surface area contributed by atoms with Gasteiger partial charge in [0.25, 0.3) is 0 Å². The highest BCUT2D eigenvalue weighted by atomic mass is 16.3. The van der Waals surface area contributed by atoms with Crippen LogP contribution in [0.2, 0.25) is 0 Å². The molecule has 0 bridgehead atoms. The van der Waals surface area contributed by atoms with Gasteiger partial charge in [-0.1, -0.05) is 70.9 Å². The Balaban J connectivity index is 1.32. The maximum absolute atomic E-state index is 10.9. The summed E-state index contributed by atoms with van der Waals surface area (Å²) in [7, 11) is 0. The predicted octanol–water partition coefficient (Wildman–Crippen LogP) is 8.63. The van der Waals surface area contributed by atoms with Crippen molar-refractivity contribution in [2.45, 2.75) is 112 Å². The molecule has 0 unspecified atom stereocenters. The van der Waals surface area contributed by atoms with Crippen LogP contribution in [0, 0.1) is 39.4 Å². The highest BCUT2D eigenvalue weighted by molar-refractivity contribution is 5.42. The maximum Gasteiger partial charge on any atom is 0.0594 e. The van der Waals surface area contributed by atoms with E-state index >= 15 is 0 Å². The molecule has 0 radical (unpaired) electrons. The van der Waals surface area contributed by atoms with Crippen LogP contribution in [0.15, 0.2) is 41.5 Å². The monoisotopic (exact) mass is 477 g/mol. The second-order valence-corrected chi connectivity index (χ2v) is 14.1. The first kappa shape index (κ1) is 25.4. The van der Waals surface area contributed by atoms with E-state index in [1.165, 1.54) is 63.5 Å². The summed E-state index contributed by atoms with van der Waals surface area (Å²) < 4.78 is 0. The van der Waals surface area contributed by atoms with E-state index in [4.69, 9.17) is 0 Å². The van der Waals surface area contributed by atoms with E-state index in [0.717, 1.165) is 24.8 Å². The molecule has 0 spiro atoms. The van der Waals surface area contributed by atoms with Crippen molar-refractivity contribution < 1.29 is 5.11 Å². The van der Waals surface area contributed by atoms with Crippen LogP contribution in [0.1, 0.15) is 106 Å². The van der Waals surface area contributed by atoms with Crippen molar-refractivity contribution in [3.05, 3.63) is 41.5 Å². The fourth-order valence-corrected chi connectivity index (χ4v) is 10.0. The minimum absolute atomic E-state index is 0.0354. The van der Waals surface area contributed by atoms with Gasteiger partial charge in [0.15, 0.2) is 0 Å². The molecule has 1 aromatic carbocycles. The molecule has 2 nitrogen and oxygen atoms in total. The molecule has 4 aliphatic carbocycles. The molecule has 194 valence electrons. The molecule has 5 rings (SSSR count). The van der Waals surface area contributed by atoms with Gasteiger partial charge in [0.1, 0.15) is 0 Å². The van der Waals surface area contributed by atoms with Gasteiger partial charge < -0.3 is 10.4 Å². The largest absolute Gasteiger partial charge is 0.393 e. The van der Waals surface area contributed by atoms with Crippen molar-refractivity contribution in [1.82, 2.24) is 0 Å². The Hall–Kier alpha value is -1.28. The van der Waals surface area contributed by atoms with E-state index < -0.39 is 0 Å². The molecule has 2 heteroatoms. The van der Waals surface area contributed by atoms with Crippen LogP contribution in [0.25, 0.3) is 0 Å². The van der Waals surface area contributed by atoms with Gasteiger partial charge >= 0.3 is 0 Å². The zero-order valence-electron chi connectivity index (χ0n) is 23.4. The number of rotatable bonds is 6. The number of para-hydroxylation sites is 1. The molecular weight excluding hydrogens is 426 g/mol. The van der Waals surface area contributed by atoms with Crippen LogP contribution in [-0.2, 0) is 0 Å². The summed E-state index contributed by atoms with van der Waals surface area (Å²) in [6.07, 6.45) is 12.6. The topological polar surface area (TPSA) is 32.3 Å². The first-order valence-corrected chi connectivity index (χ1v) is 14.7. The number of allylic oxidation sites excluding steroid dienone is 2. The van der Waals surface area contributed by atoms with Crippen molar-refractivity contribution in [3.8, 4) is 0 Å². The van der Waals surface area contributed by atoms with Gasteiger partial charge in [0.05, 0.1) is 6.10 Å². The zero-order chi connectivity index (χ0) is 25.1. The minimum atomic E-state index is -0.139. The summed E-state index contributed by atoms with van der Waals surface area (Å²) >= 11 is 0. The minimum Gasteiger partial charge on any atom is -0.393 e. The average molecular weight is 478 g/mol. The number of anilines is 1. The van der Waals surface area contributed by atoms with Gasteiger partial charge in [-0.3, -0.25) is 0 Å². The van der Waals surface area contributed by atoms with Crippen LogP contribution < -0.4 is 5.32 Å². The van der Waals surface area contributed by atoms with Crippen LogP contribution in [0.3, 0.4) is 0 Å². The quantitative estimate of drug-likeness (QED) is 0.317. The molecule has 2 N–H and O–H groups in total. The van der Waals surface area contributed by atoms with E-state index in [1.54, 1.807) is 0 Å². The molecule has 7 atom stereocenters. The smallest absolute Gasteiger partial charge is 0.0594 e. The Morgan fingerprint density at radius 2 is 1.66 bits per heavy atom. The number of benzene rings is 1. The predicted molar refractivity (Wildman–Crippen MR) is 148 cm³/mol. The van der Waals surface area contributed by atoms with E-state index in [-0.39, 0.29) is 11.5 Å². The van der Waals surface area contributed by atoms with E-state index in [1.807, 2.05) is 11.1 Å². The number of fused-ring (bicyclic) bond motifs is 4. The third-order valence-electron chi connectivity index (χ3n) is 12.4. The van der Waals surface area contributed by atoms with Gasteiger partial charge in [-0.2, -0.15) is 0 Å². The van der Waals surface area contributed by atoms with E-state index in [2.05, 4.69) is 77.2 Å². The van der Waals surface area contributed by atoms with Gasteiger partial charge in [-0.05, 0) is 116 Å². The summed E-state index contributed by atoms with van der Waals surface area (Å²) in [5.74, 6) is 2.25. The number of aliphatic hydroxyl groups excluding tert-OH is 1. The summed E-state index contributed by atoms with van der Waals surface area (Å²) in [5.41, 5.74) is 6.10. The molecule has 0 amide bonds. The lowest BCUT2D eigenvalue weighted by molar-refractivity contribution is -0.0962. The molecule has 0 aliphatic heterocycles. The number of hydrogen-bond acceptors (Lipinski definition) is 2. The van der Waals surface area contributed by atoms with Crippen LogP contribution in [0.4, 0.5) is 5.69 Å². The fourth-order valence-electron chi connectivity index (χ4n) is 10.0. The van der Waals surface area contributed by atoms with Gasteiger partial charge in [-0.15, -0.1) is 0 Å². The number of hydrogen-bond donors (Lipinski definition) is 2. The molecule has 2 saturated carbocycles.